The van der Waals surface area contributed by atoms with E-state index in [2.05, 4.69) is 22.4 Å². The number of anilines is 1. The summed E-state index contributed by atoms with van der Waals surface area (Å²) in [6.07, 6.45) is 6.74. The van der Waals surface area contributed by atoms with Gasteiger partial charge in [0.25, 0.3) is 0 Å². The van der Waals surface area contributed by atoms with Crippen LogP contribution in [0.1, 0.15) is 19.3 Å². The monoisotopic (exact) mass is 343 g/mol. The highest BCUT2D eigenvalue weighted by molar-refractivity contribution is 5.91. The molecule has 1 aromatic heterocycles. The summed E-state index contributed by atoms with van der Waals surface area (Å²) in [6.45, 7) is 1.44. The standard InChI is InChI=1S/C18H22FN5O/c1-22-14-4-5-15(22)12-23(10-7-14)18(25)21-16-11-13(19)3-6-17(16)24-9-2-8-20-24/h2-3,6,8-9,11,14-15H,4-5,7,10,12H2,1H3,(H,21,25). The molecule has 2 aliphatic heterocycles. The van der Waals surface area contributed by atoms with Crippen LogP contribution in [-0.4, -0.2) is 57.8 Å². The lowest BCUT2D eigenvalue weighted by atomic mass is 10.1. The van der Waals surface area contributed by atoms with Crippen molar-refractivity contribution >= 4 is 11.7 Å². The lowest BCUT2D eigenvalue weighted by Crippen LogP contribution is -2.41. The summed E-state index contributed by atoms with van der Waals surface area (Å²) in [5, 5.41) is 7.05. The highest BCUT2D eigenvalue weighted by Gasteiger charge is 2.36. The van der Waals surface area contributed by atoms with E-state index in [-0.39, 0.29) is 11.8 Å². The van der Waals surface area contributed by atoms with Gasteiger partial charge in [0.1, 0.15) is 5.82 Å². The molecule has 132 valence electrons. The first-order valence-corrected chi connectivity index (χ1v) is 8.69. The number of urea groups is 1. The summed E-state index contributed by atoms with van der Waals surface area (Å²) in [6, 6.07) is 6.91. The van der Waals surface area contributed by atoms with Crippen LogP contribution in [0.15, 0.2) is 36.7 Å². The minimum Gasteiger partial charge on any atom is -0.323 e. The Labute approximate surface area is 146 Å². The molecule has 1 N–H and O–H groups in total. The topological polar surface area (TPSA) is 53.4 Å². The molecule has 2 unspecified atom stereocenters. The van der Waals surface area contributed by atoms with Gasteiger partial charge in [-0.05, 0) is 50.6 Å². The van der Waals surface area contributed by atoms with Gasteiger partial charge in [0.2, 0.25) is 0 Å². The second-order valence-electron chi connectivity index (χ2n) is 6.83. The van der Waals surface area contributed by atoms with E-state index in [1.807, 2.05) is 4.90 Å². The van der Waals surface area contributed by atoms with Crippen molar-refractivity contribution < 1.29 is 9.18 Å². The maximum Gasteiger partial charge on any atom is 0.321 e. The predicted molar refractivity (Wildman–Crippen MR) is 93.3 cm³/mol. The van der Waals surface area contributed by atoms with Gasteiger partial charge in [-0.25, -0.2) is 13.9 Å². The number of amides is 2. The molecule has 2 amide bonds. The lowest BCUT2D eigenvalue weighted by Gasteiger charge is -2.26. The highest BCUT2D eigenvalue weighted by Crippen LogP contribution is 2.29. The zero-order valence-corrected chi connectivity index (χ0v) is 14.2. The van der Waals surface area contributed by atoms with Crippen LogP contribution in [0.3, 0.4) is 0 Å². The molecule has 0 radical (unpaired) electrons. The fraction of sp³-hybridized carbons (Fsp3) is 0.444. The van der Waals surface area contributed by atoms with E-state index in [1.54, 1.807) is 29.2 Å². The molecule has 0 saturated carbocycles. The van der Waals surface area contributed by atoms with Gasteiger partial charge in [-0.15, -0.1) is 0 Å². The number of carbonyl (C=O) groups excluding carboxylic acids is 1. The molecule has 25 heavy (non-hydrogen) atoms. The number of carbonyl (C=O) groups is 1. The summed E-state index contributed by atoms with van der Waals surface area (Å²) in [5.41, 5.74) is 1.07. The highest BCUT2D eigenvalue weighted by atomic mass is 19.1. The largest absolute Gasteiger partial charge is 0.323 e. The fourth-order valence-corrected chi connectivity index (χ4v) is 3.91. The predicted octanol–water partition coefficient (Wildman–Crippen LogP) is 2.71. The van der Waals surface area contributed by atoms with Gasteiger partial charge < -0.3 is 10.2 Å². The van der Waals surface area contributed by atoms with Crippen molar-refractivity contribution in [1.29, 1.82) is 0 Å². The molecule has 7 heteroatoms. The summed E-state index contributed by atoms with van der Waals surface area (Å²) < 4.78 is 15.3. The fourth-order valence-electron chi connectivity index (χ4n) is 3.91. The molecule has 6 nitrogen and oxygen atoms in total. The molecule has 0 aliphatic carbocycles. The van der Waals surface area contributed by atoms with Gasteiger partial charge in [-0.3, -0.25) is 4.90 Å². The van der Waals surface area contributed by atoms with Crippen molar-refractivity contribution in [2.45, 2.75) is 31.3 Å². The van der Waals surface area contributed by atoms with Crippen molar-refractivity contribution in [3.8, 4) is 5.69 Å². The van der Waals surface area contributed by atoms with Crippen LogP contribution < -0.4 is 5.32 Å². The first-order chi connectivity index (χ1) is 12.1. The van der Waals surface area contributed by atoms with Gasteiger partial charge in [0, 0.05) is 37.6 Å². The van der Waals surface area contributed by atoms with E-state index in [4.69, 9.17) is 0 Å². The Bertz CT molecular complexity index is 763. The Morgan fingerprint density at radius 1 is 1.28 bits per heavy atom. The van der Waals surface area contributed by atoms with E-state index in [0.717, 1.165) is 19.4 Å². The van der Waals surface area contributed by atoms with Gasteiger partial charge in [0.05, 0.1) is 11.4 Å². The van der Waals surface area contributed by atoms with Crippen LogP contribution in [0.25, 0.3) is 5.69 Å². The summed E-state index contributed by atoms with van der Waals surface area (Å²) >= 11 is 0. The van der Waals surface area contributed by atoms with Crippen LogP contribution in [0, 0.1) is 5.82 Å². The van der Waals surface area contributed by atoms with Crippen molar-refractivity contribution in [2.24, 2.45) is 0 Å². The SMILES string of the molecule is CN1C2CCC1CN(C(=O)Nc1cc(F)ccc1-n1cccn1)CC2. The molecule has 4 rings (SSSR count). The molecule has 3 heterocycles. The number of likely N-dealkylation sites (N-methyl/N-ethyl adjacent to an activating group) is 1. The smallest absolute Gasteiger partial charge is 0.321 e. The molecule has 1 aromatic carbocycles. The zero-order chi connectivity index (χ0) is 17.4. The molecule has 2 aromatic rings. The van der Waals surface area contributed by atoms with E-state index in [9.17, 15) is 9.18 Å². The first-order valence-electron chi connectivity index (χ1n) is 8.69. The van der Waals surface area contributed by atoms with Crippen LogP contribution in [0.2, 0.25) is 0 Å². The summed E-state index contributed by atoms with van der Waals surface area (Å²) in [5.74, 6) is -0.388. The van der Waals surface area contributed by atoms with Gasteiger partial charge in [-0.2, -0.15) is 5.10 Å². The quantitative estimate of drug-likeness (QED) is 0.912. The molecular formula is C18H22FN5O. The summed E-state index contributed by atoms with van der Waals surface area (Å²) in [4.78, 5) is 17.0. The minimum absolute atomic E-state index is 0.181. The van der Waals surface area contributed by atoms with Crippen molar-refractivity contribution in [2.75, 3.05) is 25.5 Å². The maximum absolute atomic E-state index is 13.7. The molecule has 0 spiro atoms. The number of hydrogen-bond acceptors (Lipinski definition) is 3. The summed E-state index contributed by atoms with van der Waals surface area (Å²) in [7, 11) is 2.14. The molecular weight excluding hydrogens is 321 g/mol. The van der Waals surface area contributed by atoms with E-state index >= 15 is 0 Å². The van der Waals surface area contributed by atoms with Gasteiger partial charge in [0.15, 0.2) is 0 Å². The van der Waals surface area contributed by atoms with Crippen LogP contribution in [-0.2, 0) is 0 Å². The normalized spacial score (nSPS) is 23.5. The third kappa shape index (κ3) is 3.11. The second-order valence-corrected chi connectivity index (χ2v) is 6.83. The molecule has 2 atom stereocenters. The number of nitrogens with zero attached hydrogens (tertiary/aromatic N) is 4. The molecule has 2 saturated heterocycles. The molecule has 2 fully saturated rings. The Morgan fingerprint density at radius 2 is 2.12 bits per heavy atom. The second kappa shape index (κ2) is 6.48. The third-order valence-electron chi connectivity index (χ3n) is 5.39. The minimum atomic E-state index is -0.388. The number of rotatable bonds is 2. The van der Waals surface area contributed by atoms with Crippen molar-refractivity contribution in [3.63, 3.8) is 0 Å². The van der Waals surface area contributed by atoms with E-state index in [0.29, 0.717) is 30.0 Å². The average molecular weight is 343 g/mol. The number of halogens is 1. The van der Waals surface area contributed by atoms with Crippen LogP contribution >= 0.6 is 0 Å². The van der Waals surface area contributed by atoms with Gasteiger partial charge >= 0.3 is 6.03 Å². The Balaban J connectivity index is 1.54. The third-order valence-corrected chi connectivity index (χ3v) is 5.39. The van der Waals surface area contributed by atoms with Crippen molar-refractivity contribution in [3.05, 3.63) is 42.5 Å². The maximum atomic E-state index is 13.7. The number of likely N-dealkylation sites (tertiary alicyclic amines) is 1. The zero-order valence-electron chi connectivity index (χ0n) is 14.2. The number of hydrogen-bond donors (Lipinski definition) is 1. The van der Waals surface area contributed by atoms with Crippen LogP contribution in [0.4, 0.5) is 14.9 Å². The Hall–Kier alpha value is -2.41. The number of fused-ring (bicyclic) bond motifs is 2. The van der Waals surface area contributed by atoms with E-state index < -0.39 is 0 Å². The van der Waals surface area contributed by atoms with E-state index in [1.165, 1.54) is 18.6 Å². The Morgan fingerprint density at radius 3 is 2.92 bits per heavy atom. The lowest BCUT2D eigenvalue weighted by molar-refractivity contribution is 0.200. The average Bonchev–Trinajstić information content (AvgIpc) is 3.16. The van der Waals surface area contributed by atoms with Crippen LogP contribution in [0.5, 0.6) is 0 Å². The van der Waals surface area contributed by atoms with Crippen molar-refractivity contribution in [1.82, 2.24) is 19.6 Å². The Kier molecular flexibility index (Phi) is 4.17. The number of benzene rings is 1. The van der Waals surface area contributed by atoms with Gasteiger partial charge in [-0.1, -0.05) is 0 Å². The number of nitrogens with one attached hydrogen (secondary N) is 1. The first kappa shape index (κ1) is 16.1. The number of aromatic nitrogens is 2. The molecule has 2 aliphatic rings. The molecule has 2 bridgehead atoms.